The molecule has 3 N–H and O–H groups in total. The molecule has 92 valence electrons. The molecule has 1 aliphatic rings. The van der Waals surface area contributed by atoms with Crippen molar-refractivity contribution in [2.45, 2.75) is 25.3 Å². The maximum Gasteiger partial charge on any atom is 0.325 e. The smallest absolute Gasteiger partial charge is 0.325 e. The van der Waals surface area contributed by atoms with Crippen molar-refractivity contribution < 1.29 is 19.4 Å². The van der Waals surface area contributed by atoms with Gasteiger partial charge in [-0.2, -0.15) is 0 Å². The number of likely N-dealkylation sites (tertiary alicyclic amines) is 1. The number of aliphatic carboxylic acids is 1. The summed E-state index contributed by atoms with van der Waals surface area (Å²) < 4.78 is 5.07. The van der Waals surface area contributed by atoms with Gasteiger partial charge in [-0.3, -0.25) is 9.59 Å². The summed E-state index contributed by atoms with van der Waals surface area (Å²) in [5.74, 6) is -1.14. The van der Waals surface area contributed by atoms with E-state index in [1.54, 1.807) is 0 Å². The van der Waals surface area contributed by atoms with E-state index in [-0.39, 0.29) is 18.9 Å². The van der Waals surface area contributed by atoms with E-state index in [2.05, 4.69) is 0 Å². The van der Waals surface area contributed by atoms with E-state index in [1.807, 2.05) is 6.92 Å². The van der Waals surface area contributed by atoms with Gasteiger partial charge in [0.15, 0.2) is 0 Å². The maximum atomic E-state index is 11.6. The van der Waals surface area contributed by atoms with Gasteiger partial charge < -0.3 is 20.5 Å². The summed E-state index contributed by atoms with van der Waals surface area (Å²) in [6, 6.07) is 0. The molecular weight excluding hydrogens is 212 g/mol. The molecule has 6 heteroatoms. The lowest BCUT2D eigenvalue weighted by Crippen LogP contribution is -2.50. The molecule has 0 radical (unpaired) electrons. The number of carboxylic acids is 1. The molecule has 1 heterocycles. The first-order valence-corrected chi connectivity index (χ1v) is 5.37. The lowest BCUT2D eigenvalue weighted by molar-refractivity contribution is -0.143. The first-order chi connectivity index (χ1) is 7.49. The summed E-state index contributed by atoms with van der Waals surface area (Å²) in [6.07, 6.45) is 0.590. The first kappa shape index (κ1) is 12.9. The Balaban J connectivity index is 2.41. The molecular formula is C10H18N2O4. The number of hydrogen-bond donors (Lipinski definition) is 2. The van der Waals surface area contributed by atoms with Gasteiger partial charge in [0.1, 0.15) is 5.54 Å². The third kappa shape index (κ3) is 2.93. The SMILES string of the molecule is CCOCCC(=O)N1CCC(N)(C(=O)O)C1. The number of rotatable bonds is 5. The highest BCUT2D eigenvalue weighted by molar-refractivity contribution is 5.83. The van der Waals surface area contributed by atoms with Crippen LogP contribution in [-0.4, -0.2) is 53.7 Å². The molecule has 1 atom stereocenters. The Bertz CT molecular complexity index is 282. The highest BCUT2D eigenvalue weighted by Gasteiger charge is 2.42. The Morgan fingerprint density at radius 1 is 1.56 bits per heavy atom. The van der Waals surface area contributed by atoms with Crippen LogP contribution < -0.4 is 5.73 Å². The monoisotopic (exact) mass is 230 g/mol. The second-order valence-corrected chi connectivity index (χ2v) is 3.97. The van der Waals surface area contributed by atoms with Crippen molar-refractivity contribution in [3.8, 4) is 0 Å². The Morgan fingerprint density at radius 3 is 2.75 bits per heavy atom. The predicted octanol–water partition coefficient (Wildman–Crippen LogP) is -0.573. The van der Waals surface area contributed by atoms with Gasteiger partial charge in [-0.25, -0.2) is 0 Å². The Morgan fingerprint density at radius 2 is 2.25 bits per heavy atom. The van der Waals surface area contributed by atoms with E-state index in [4.69, 9.17) is 15.6 Å². The maximum absolute atomic E-state index is 11.6. The molecule has 1 aliphatic heterocycles. The Labute approximate surface area is 94.3 Å². The molecule has 6 nitrogen and oxygen atoms in total. The third-order valence-electron chi connectivity index (χ3n) is 2.74. The number of nitrogens with two attached hydrogens (primary N) is 1. The fourth-order valence-electron chi connectivity index (χ4n) is 1.68. The zero-order valence-electron chi connectivity index (χ0n) is 9.44. The van der Waals surface area contributed by atoms with Crippen molar-refractivity contribution in [3.05, 3.63) is 0 Å². The van der Waals surface area contributed by atoms with Gasteiger partial charge in [-0.1, -0.05) is 0 Å². The van der Waals surface area contributed by atoms with Crippen LogP contribution >= 0.6 is 0 Å². The van der Waals surface area contributed by atoms with Crippen molar-refractivity contribution in [1.82, 2.24) is 4.90 Å². The lowest BCUT2D eigenvalue weighted by atomic mass is 10.0. The van der Waals surface area contributed by atoms with Crippen LogP contribution in [0.5, 0.6) is 0 Å². The van der Waals surface area contributed by atoms with Crippen LogP contribution in [0.3, 0.4) is 0 Å². The molecule has 1 saturated heterocycles. The van der Waals surface area contributed by atoms with Gasteiger partial charge in [0.25, 0.3) is 0 Å². The summed E-state index contributed by atoms with van der Waals surface area (Å²) in [4.78, 5) is 24.0. The number of carbonyl (C=O) groups is 2. The molecule has 0 spiro atoms. The minimum absolute atomic E-state index is 0.0906. The number of hydrogen-bond acceptors (Lipinski definition) is 4. The number of carboxylic acid groups (broad SMARTS) is 1. The van der Waals surface area contributed by atoms with Crippen LogP contribution in [0.15, 0.2) is 0 Å². The van der Waals surface area contributed by atoms with Gasteiger partial charge in [-0.05, 0) is 13.3 Å². The van der Waals surface area contributed by atoms with Crippen LogP contribution in [0.2, 0.25) is 0 Å². The average Bonchev–Trinajstić information content (AvgIpc) is 2.63. The molecule has 0 aromatic rings. The van der Waals surface area contributed by atoms with E-state index in [0.717, 1.165) is 0 Å². The quantitative estimate of drug-likeness (QED) is 0.617. The second-order valence-electron chi connectivity index (χ2n) is 3.97. The van der Waals surface area contributed by atoms with Gasteiger partial charge in [0.2, 0.25) is 5.91 Å². The zero-order chi connectivity index (χ0) is 12.2. The van der Waals surface area contributed by atoms with Crippen LogP contribution in [0.1, 0.15) is 19.8 Å². The summed E-state index contributed by atoms with van der Waals surface area (Å²) in [5, 5.41) is 8.90. The van der Waals surface area contributed by atoms with E-state index in [1.165, 1.54) is 4.90 Å². The first-order valence-electron chi connectivity index (χ1n) is 5.37. The number of amides is 1. The number of nitrogens with zero attached hydrogens (tertiary/aromatic N) is 1. The summed E-state index contributed by atoms with van der Waals surface area (Å²) in [7, 11) is 0. The summed E-state index contributed by atoms with van der Waals surface area (Å²) >= 11 is 0. The van der Waals surface area contributed by atoms with E-state index >= 15 is 0 Å². The fourth-order valence-corrected chi connectivity index (χ4v) is 1.68. The predicted molar refractivity (Wildman–Crippen MR) is 56.9 cm³/mol. The van der Waals surface area contributed by atoms with E-state index < -0.39 is 11.5 Å². The Kier molecular flexibility index (Phi) is 4.26. The molecule has 0 aromatic heterocycles. The minimum Gasteiger partial charge on any atom is -0.480 e. The van der Waals surface area contributed by atoms with Gasteiger partial charge in [0.05, 0.1) is 13.0 Å². The van der Waals surface area contributed by atoms with Crippen molar-refractivity contribution in [2.75, 3.05) is 26.3 Å². The van der Waals surface area contributed by atoms with Gasteiger partial charge in [0, 0.05) is 19.7 Å². The van der Waals surface area contributed by atoms with Gasteiger partial charge >= 0.3 is 5.97 Å². The molecule has 1 amide bonds. The summed E-state index contributed by atoms with van der Waals surface area (Å²) in [5.41, 5.74) is 4.38. The zero-order valence-corrected chi connectivity index (χ0v) is 9.44. The van der Waals surface area contributed by atoms with E-state index in [9.17, 15) is 9.59 Å². The fraction of sp³-hybridized carbons (Fsp3) is 0.800. The normalized spacial score (nSPS) is 24.8. The van der Waals surface area contributed by atoms with Crippen LogP contribution in [0.4, 0.5) is 0 Å². The molecule has 1 unspecified atom stereocenters. The van der Waals surface area contributed by atoms with Crippen molar-refractivity contribution in [3.63, 3.8) is 0 Å². The van der Waals surface area contributed by atoms with Crippen molar-refractivity contribution in [2.24, 2.45) is 5.73 Å². The van der Waals surface area contributed by atoms with Gasteiger partial charge in [-0.15, -0.1) is 0 Å². The molecule has 0 bridgehead atoms. The van der Waals surface area contributed by atoms with Crippen molar-refractivity contribution in [1.29, 1.82) is 0 Å². The third-order valence-corrected chi connectivity index (χ3v) is 2.74. The molecule has 1 rings (SSSR count). The summed E-state index contributed by atoms with van der Waals surface area (Å²) in [6.45, 7) is 3.30. The molecule has 0 aliphatic carbocycles. The average molecular weight is 230 g/mol. The number of ether oxygens (including phenoxy) is 1. The van der Waals surface area contributed by atoms with Crippen LogP contribution in [-0.2, 0) is 14.3 Å². The second kappa shape index (κ2) is 5.27. The number of carbonyl (C=O) groups excluding carboxylic acids is 1. The van der Waals surface area contributed by atoms with Crippen LogP contribution in [0.25, 0.3) is 0 Å². The standard InChI is InChI=1S/C10H18N2O4/c1-2-16-6-3-8(13)12-5-4-10(11,7-12)9(14)15/h2-7,11H2,1H3,(H,14,15). The molecule has 0 saturated carbocycles. The molecule has 0 aromatic carbocycles. The molecule has 16 heavy (non-hydrogen) atoms. The topological polar surface area (TPSA) is 92.9 Å². The minimum atomic E-state index is -1.28. The largest absolute Gasteiger partial charge is 0.480 e. The molecule has 1 fully saturated rings. The highest BCUT2D eigenvalue weighted by Crippen LogP contribution is 2.19. The van der Waals surface area contributed by atoms with Crippen LogP contribution in [0, 0.1) is 0 Å². The highest BCUT2D eigenvalue weighted by atomic mass is 16.5. The lowest BCUT2D eigenvalue weighted by Gasteiger charge is -2.20. The van der Waals surface area contributed by atoms with Crippen molar-refractivity contribution >= 4 is 11.9 Å². The Hall–Kier alpha value is -1.14. The van der Waals surface area contributed by atoms with E-state index in [0.29, 0.717) is 26.2 Å².